The minimum Gasteiger partial charge on any atom is -0.464 e. The number of carbonyl (C=O) groups is 2. The molecule has 0 saturated carbocycles. The third-order valence-electron chi connectivity index (χ3n) is 2.94. The highest BCUT2D eigenvalue weighted by molar-refractivity contribution is 5.78. The van der Waals surface area contributed by atoms with E-state index in [1.54, 1.807) is 29.8 Å². The fraction of sp³-hybridized carbons (Fsp3) is 0.538. The second-order valence-corrected chi connectivity index (χ2v) is 4.04. The summed E-state index contributed by atoms with van der Waals surface area (Å²) in [7, 11) is 0. The maximum atomic E-state index is 12.0. The molecule has 0 aliphatic rings. The van der Waals surface area contributed by atoms with E-state index in [9.17, 15) is 9.59 Å². The first-order valence-electron chi connectivity index (χ1n) is 5.94. The summed E-state index contributed by atoms with van der Waals surface area (Å²) in [5.74, 6) is -0.152. The van der Waals surface area contributed by atoms with Crippen molar-refractivity contribution in [2.75, 3.05) is 6.61 Å². The average molecular weight is 237 g/mol. The van der Waals surface area contributed by atoms with Crippen molar-refractivity contribution >= 4 is 12.3 Å². The molecular formula is C13H19NO3. The molecule has 17 heavy (non-hydrogen) atoms. The summed E-state index contributed by atoms with van der Waals surface area (Å²) in [6, 6.07) is 3.04. The predicted molar refractivity (Wildman–Crippen MR) is 64.9 cm³/mol. The van der Waals surface area contributed by atoms with Crippen LogP contribution in [0.5, 0.6) is 0 Å². The van der Waals surface area contributed by atoms with Crippen LogP contribution in [0.3, 0.4) is 0 Å². The zero-order valence-electron chi connectivity index (χ0n) is 10.6. The fourth-order valence-electron chi connectivity index (χ4n) is 1.83. The van der Waals surface area contributed by atoms with E-state index >= 15 is 0 Å². The second-order valence-electron chi connectivity index (χ2n) is 4.04. The molecule has 0 N–H and O–H groups in total. The van der Waals surface area contributed by atoms with Crippen molar-refractivity contribution in [2.24, 2.45) is 5.92 Å². The van der Waals surface area contributed by atoms with E-state index in [-0.39, 0.29) is 11.9 Å². The summed E-state index contributed by atoms with van der Waals surface area (Å²) in [6.07, 6.45) is 3.35. The third-order valence-corrected chi connectivity index (χ3v) is 2.94. The maximum absolute atomic E-state index is 12.0. The largest absolute Gasteiger partial charge is 0.464 e. The van der Waals surface area contributed by atoms with Crippen LogP contribution >= 0.6 is 0 Å². The van der Waals surface area contributed by atoms with E-state index < -0.39 is 6.04 Å². The van der Waals surface area contributed by atoms with Gasteiger partial charge in [-0.3, -0.25) is 4.79 Å². The lowest BCUT2D eigenvalue weighted by atomic mass is 9.99. The number of esters is 1. The van der Waals surface area contributed by atoms with Crippen LogP contribution in [0.15, 0.2) is 18.3 Å². The Morgan fingerprint density at radius 3 is 2.76 bits per heavy atom. The lowest BCUT2D eigenvalue weighted by molar-refractivity contribution is -0.148. The van der Waals surface area contributed by atoms with Crippen LogP contribution in [0.2, 0.25) is 0 Å². The van der Waals surface area contributed by atoms with Gasteiger partial charge in [0.15, 0.2) is 6.29 Å². The van der Waals surface area contributed by atoms with Crippen LogP contribution in [0, 0.1) is 5.92 Å². The van der Waals surface area contributed by atoms with E-state index in [4.69, 9.17) is 4.74 Å². The van der Waals surface area contributed by atoms with E-state index in [2.05, 4.69) is 0 Å². The Morgan fingerprint density at radius 2 is 2.24 bits per heavy atom. The van der Waals surface area contributed by atoms with E-state index in [0.717, 1.165) is 12.7 Å². The number of aldehydes is 1. The molecule has 1 rings (SSSR count). The van der Waals surface area contributed by atoms with Crippen LogP contribution in [-0.2, 0) is 9.53 Å². The van der Waals surface area contributed by atoms with Gasteiger partial charge in [0.25, 0.3) is 0 Å². The van der Waals surface area contributed by atoms with Crippen molar-refractivity contribution < 1.29 is 14.3 Å². The Kier molecular flexibility index (Phi) is 4.94. The van der Waals surface area contributed by atoms with Gasteiger partial charge in [-0.15, -0.1) is 0 Å². The summed E-state index contributed by atoms with van der Waals surface area (Å²) in [4.78, 5) is 22.9. The molecule has 0 radical (unpaired) electrons. The standard InChI is InChI=1S/C13H19NO3/c1-4-10(3)12(13(16)17-5-2)14-8-6-7-11(14)9-15/h6-10,12H,4-5H2,1-3H3/t10-,12-/m1/s1. The van der Waals surface area contributed by atoms with Gasteiger partial charge in [0.1, 0.15) is 6.04 Å². The van der Waals surface area contributed by atoms with Crippen molar-refractivity contribution in [1.82, 2.24) is 4.57 Å². The number of rotatable bonds is 6. The minimum absolute atomic E-state index is 0.125. The molecule has 0 bridgehead atoms. The lowest BCUT2D eigenvalue weighted by Gasteiger charge is -2.23. The molecule has 0 aliphatic heterocycles. The van der Waals surface area contributed by atoms with Gasteiger partial charge >= 0.3 is 5.97 Å². The van der Waals surface area contributed by atoms with Crippen molar-refractivity contribution in [3.63, 3.8) is 0 Å². The molecule has 0 amide bonds. The Labute approximate surface area is 102 Å². The highest BCUT2D eigenvalue weighted by Gasteiger charge is 2.28. The molecule has 1 aromatic heterocycles. The van der Waals surface area contributed by atoms with Gasteiger partial charge in [-0.2, -0.15) is 0 Å². The zero-order valence-corrected chi connectivity index (χ0v) is 10.6. The molecule has 4 nitrogen and oxygen atoms in total. The molecule has 94 valence electrons. The number of carbonyl (C=O) groups excluding carboxylic acids is 2. The number of aromatic nitrogens is 1. The Bertz CT molecular complexity index is 384. The Hall–Kier alpha value is -1.58. The summed E-state index contributed by atoms with van der Waals surface area (Å²) in [6.45, 7) is 6.13. The predicted octanol–water partition coefficient (Wildman–Crippen LogP) is 2.45. The number of hydrogen-bond donors (Lipinski definition) is 0. The van der Waals surface area contributed by atoms with Gasteiger partial charge < -0.3 is 9.30 Å². The van der Waals surface area contributed by atoms with Gasteiger partial charge in [0, 0.05) is 6.20 Å². The SMILES string of the molecule is CCOC(=O)[C@@H]([C@H](C)CC)n1cccc1C=O. The van der Waals surface area contributed by atoms with Crippen LogP contribution in [0.1, 0.15) is 43.7 Å². The molecule has 4 heteroatoms. The summed E-state index contributed by atoms with van der Waals surface area (Å²) in [5, 5.41) is 0. The third kappa shape index (κ3) is 2.96. The van der Waals surface area contributed by atoms with Crippen molar-refractivity contribution in [1.29, 1.82) is 0 Å². The maximum Gasteiger partial charge on any atom is 0.329 e. The number of hydrogen-bond acceptors (Lipinski definition) is 3. The Morgan fingerprint density at radius 1 is 1.53 bits per heavy atom. The fourth-order valence-corrected chi connectivity index (χ4v) is 1.83. The topological polar surface area (TPSA) is 48.3 Å². The zero-order chi connectivity index (χ0) is 12.8. The van der Waals surface area contributed by atoms with Gasteiger partial charge in [0.2, 0.25) is 0 Å². The van der Waals surface area contributed by atoms with Gasteiger partial charge in [-0.05, 0) is 25.0 Å². The molecule has 0 unspecified atom stereocenters. The van der Waals surface area contributed by atoms with E-state index in [0.29, 0.717) is 12.3 Å². The first-order chi connectivity index (χ1) is 8.15. The van der Waals surface area contributed by atoms with Gasteiger partial charge in [-0.25, -0.2) is 4.79 Å². The summed E-state index contributed by atoms with van der Waals surface area (Å²) < 4.78 is 6.77. The average Bonchev–Trinajstić information content (AvgIpc) is 2.77. The van der Waals surface area contributed by atoms with Crippen LogP contribution in [0.4, 0.5) is 0 Å². The molecule has 0 aromatic carbocycles. The quantitative estimate of drug-likeness (QED) is 0.564. The lowest BCUT2D eigenvalue weighted by Crippen LogP contribution is -2.28. The summed E-state index contributed by atoms with van der Waals surface area (Å²) in [5.41, 5.74) is 0.503. The number of nitrogens with zero attached hydrogens (tertiary/aromatic N) is 1. The molecule has 2 atom stereocenters. The second kappa shape index (κ2) is 6.23. The molecular weight excluding hydrogens is 218 g/mol. The first-order valence-corrected chi connectivity index (χ1v) is 5.94. The highest BCUT2D eigenvalue weighted by Crippen LogP contribution is 2.24. The van der Waals surface area contributed by atoms with Crippen LogP contribution < -0.4 is 0 Å². The minimum atomic E-state index is -0.421. The van der Waals surface area contributed by atoms with Crippen molar-refractivity contribution in [3.05, 3.63) is 24.0 Å². The van der Waals surface area contributed by atoms with Gasteiger partial charge in [-0.1, -0.05) is 20.3 Å². The van der Waals surface area contributed by atoms with Crippen molar-refractivity contribution in [2.45, 2.75) is 33.2 Å². The summed E-state index contributed by atoms with van der Waals surface area (Å²) >= 11 is 0. The first kappa shape index (κ1) is 13.5. The van der Waals surface area contributed by atoms with E-state index in [1.165, 1.54) is 0 Å². The van der Waals surface area contributed by atoms with Crippen LogP contribution in [-0.4, -0.2) is 23.4 Å². The highest BCUT2D eigenvalue weighted by atomic mass is 16.5. The van der Waals surface area contributed by atoms with Gasteiger partial charge in [0.05, 0.1) is 12.3 Å². The Balaban J connectivity index is 3.05. The molecule has 0 saturated heterocycles. The monoisotopic (exact) mass is 237 g/mol. The van der Waals surface area contributed by atoms with Crippen LogP contribution in [0.25, 0.3) is 0 Å². The molecule has 0 aliphatic carbocycles. The molecule has 0 fully saturated rings. The van der Waals surface area contributed by atoms with Crippen molar-refractivity contribution in [3.8, 4) is 0 Å². The molecule has 1 heterocycles. The van der Waals surface area contributed by atoms with E-state index in [1.807, 2.05) is 13.8 Å². The molecule has 1 aromatic rings. The number of ether oxygens (including phenoxy) is 1. The molecule has 0 spiro atoms. The smallest absolute Gasteiger partial charge is 0.329 e. The normalized spacial score (nSPS) is 14.1.